The molecule has 2 rings (SSSR count). The molecule has 1 unspecified atom stereocenters. The molecule has 0 amide bonds. The van der Waals surface area contributed by atoms with Gasteiger partial charge in [0.1, 0.15) is 0 Å². The lowest BCUT2D eigenvalue weighted by atomic mass is 9.77. The van der Waals surface area contributed by atoms with E-state index in [2.05, 4.69) is 0 Å². The normalized spacial score (nSPS) is 18.9. The summed E-state index contributed by atoms with van der Waals surface area (Å²) in [7, 11) is 0. The van der Waals surface area contributed by atoms with Gasteiger partial charge in [-0.25, -0.2) is 0 Å². The van der Waals surface area contributed by atoms with Crippen molar-refractivity contribution in [1.29, 1.82) is 0 Å². The van der Waals surface area contributed by atoms with Crippen LogP contribution in [0.5, 0.6) is 0 Å². The summed E-state index contributed by atoms with van der Waals surface area (Å²) in [5.74, 6) is 0.596. The summed E-state index contributed by atoms with van der Waals surface area (Å²) in [5.41, 5.74) is 20.2. The molecule has 1 aromatic carbocycles. The largest absolute Gasteiger partial charge is 0.399 e. The van der Waals surface area contributed by atoms with Gasteiger partial charge in [-0.3, -0.25) is 0 Å². The van der Waals surface area contributed by atoms with E-state index >= 15 is 0 Å². The third-order valence-electron chi connectivity index (χ3n) is 3.13. The van der Waals surface area contributed by atoms with E-state index in [0.717, 1.165) is 16.9 Å². The Kier molecular flexibility index (Phi) is 2.33. The standard InChI is InChI=1S/C11H17N3/c12-8-4-5-10(13)9(6-8)11(14)7-2-1-3-7/h4-7,11H,1-3,12-14H2. The highest BCUT2D eigenvalue weighted by Gasteiger charge is 2.26. The second kappa shape index (κ2) is 3.50. The minimum absolute atomic E-state index is 0.0623. The molecule has 1 aliphatic rings. The zero-order valence-electron chi connectivity index (χ0n) is 8.24. The Morgan fingerprint density at radius 1 is 1.21 bits per heavy atom. The van der Waals surface area contributed by atoms with Crippen molar-refractivity contribution in [2.75, 3.05) is 11.5 Å². The maximum Gasteiger partial charge on any atom is 0.0364 e. The van der Waals surface area contributed by atoms with E-state index in [4.69, 9.17) is 17.2 Å². The van der Waals surface area contributed by atoms with Gasteiger partial charge in [-0.05, 0) is 42.5 Å². The Balaban J connectivity index is 2.24. The van der Waals surface area contributed by atoms with Gasteiger partial charge in [-0.1, -0.05) is 6.42 Å². The van der Waals surface area contributed by atoms with Crippen molar-refractivity contribution >= 4 is 11.4 Å². The van der Waals surface area contributed by atoms with E-state index in [0.29, 0.717) is 5.92 Å². The number of rotatable bonds is 2. The number of anilines is 2. The second-order valence-corrected chi connectivity index (χ2v) is 4.11. The van der Waals surface area contributed by atoms with Crippen LogP contribution in [0.15, 0.2) is 18.2 Å². The van der Waals surface area contributed by atoms with Crippen LogP contribution in [0, 0.1) is 5.92 Å². The Bertz CT molecular complexity index is 331. The third-order valence-corrected chi connectivity index (χ3v) is 3.13. The summed E-state index contributed by atoms with van der Waals surface area (Å²) in [6.07, 6.45) is 3.73. The highest BCUT2D eigenvalue weighted by molar-refractivity contribution is 5.56. The average molecular weight is 191 g/mol. The smallest absolute Gasteiger partial charge is 0.0364 e. The highest BCUT2D eigenvalue weighted by Crippen LogP contribution is 2.38. The molecule has 0 heterocycles. The molecule has 0 spiro atoms. The van der Waals surface area contributed by atoms with Crippen LogP contribution in [0.1, 0.15) is 30.9 Å². The molecule has 1 fully saturated rings. The summed E-state index contributed by atoms with van der Waals surface area (Å²) < 4.78 is 0. The van der Waals surface area contributed by atoms with Crippen molar-refractivity contribution in [3.63, 3.8) is 0 Å². The van der Waals surface area contributed by atoms with Crippen molar-refractivity contribution in [2.24, 2.45) is 11.7 Å². The van der Waals surface area contributed by atoms with Crippen LogP contribution < -0.4 is 17.2 Å². The first-order valence-corrected chi connectivity index (χ1v) is 5.09. The van der Waals surface area contributed by atoms with Crippen molar-refractivity contribution in [3.8, 4) is 0 Å². The molecule has 1 atom stereocenters. The maximum atomic E-state index is 6.13. The zero-order valence-corrected chi connectivity index (χ0v) is 8.24. The molecule has 1 aromatic rings. The molecule has 0 saturated heterocycles. The molecule has 0 aliphatic heterocycles. The minimum atomic E-state index is 0.0623. The number of nitrogens with two attached hydrogens (primary N) is 3. The third kappa shape index (κ3) is 1.55. The molecule has 3 nitrogen and oxygen atoms in total. The fraction of sp³-hybridized carbons (Fsp3) is 0.455. The molecule has 1 saturated carbocycles. The molecular weight excluding hydrogens is 174 g/mol. The number of nitrogen functional groups attached to an aromatic ring is 2. The zero-order chi connectivity index (χ0) is 10.1. The molecule has 1 aliphatic carbocycles. The van der Waals surface area contributed by atoms with E-state index in [1.807, 2.05) is 18.2 Å². The molecule has 0 radical (unpaired) electrons. The van der Waals surface area contributed by atoms with Crippen LogP contribution in [0.25, 0.3) is 0 Å². The molecular formula is C11H17N3. The fourth-order valence-corrected chi connectivity index (χ4v) is 1.93. The summed E-state index contributed by atoms with van der Waals surface area (Å²) in [6.45, 7) is 0. The monoisotopic (exact) mass is 191 g/mol. The van der Waals surface area contributed by atoms with Crippen LogP contribution in [-0.4, -0.2) is 0 Å². The molecule has 76 valence electrons. The Hall–Kier alpha value is -1.22. The van der Waals surface area contributed by atoms with Gasteiger partial charge >= 0.3 is 0 Å². The lowest BCUT2D eigenvalue weighted by molar-refractivity contribution is 0.265. The van der Waals surface area contributed by atoms with E-state index in [1.54, 1.807) is 0 Å². The van der Waals surface area contributed by atoms with Crippen molar-refractivity contribution < 1.29 is 0 Å². The van der Waals surface area contributed by atoms with Crippen LogP contribution >= 0.6 is 0 Å². The Morgan fingerprint density at radius 2 is 1.93 bits per heavy atom. The van der Waals surface area contributed by atoms with Gasteiger partial charge in [0, 0.05) is 17.4 Å². The predicted molar refractivity (Wildman–Crippen MR) is 59.5 cm³/mol. The van der Waals surface area contributed by atoms with E-state index in [9.17, 15) is 0 Å². The maximum absolute atomic E-state index is 6.13. The number of benzene rings is 1. The SMILES string of the molecule is Nc1ccc(N)c(C(N)C2CCC2)c1. The Morgan fingerprint density at radius 3 is 2.50 bits per heavy atom. The quantitative estimate of drug-likeness (QED) is 0.622. The van der Waals surface area contributed by atoms with Crippen LogP contribution in [0.3, 0.4) is 0 Å². The second-order valence-electron chi connectivity index (χ2n) is 4.11. The first-order chi connectivity index (χ1) is 6.68. The van der Waals surface area contributed by atoms with Crippen molar-refractivity contribution in [1.82, 2.24) is 0 Å². The molecule has 14 heavy (non-hydrogen) atoms. The van der Waals surface area contributed by atoms with Gasteiger partial charge in [-0.2, -0.15) is 0 Å². The van der Waals surface area contributed by atoms with Crippen LogP contribution in [-0.2, 0) is 0 Å². The first-order valence-electron chi connectivity index (χ1n) is 5.09. The van der Waals surface area contributed by atoms with E-state index < -0.39 is 0 Å². The lowest BCUT2D eigenvalue weighted by Gasteiger charge is -2.32. The predicted octanol–water partition coefficient (Wildman–Crippen LogP) is 1.65. The average Bonchev–Trinajstić information content (AvgIpc) is 2.06. The molecule has 3 heteroatoms. The number of hydrogen-bond acceptors (Lipinski definition) is 3. The summed E-state index contributed by atoms with van der Waals surface area (Å²) >= 11 is 0. The van der Waals surface area contributed by atoms with Crippen LogP contribution in [0.4, 0.5) is 11.4 Å². The topological polar surface area (TPSA) is 78.1 Å². The van der Waals surface area contributed by atoms with Gasteiger partial charge in [0.15, 0.2) is 0 Å². The van der Waals surface area contributed by atoms with E-state index in [-0.39, 0.29) is 6.04 Å². The number of hydrogen-bond donors (Lipinski definition) is 3. The van der Waals surface area contributed by atoms with Gasteiger partial charge in [-0.15, -0.1) is 0 Å². The van der Waals surface area contributed by atoms with Crippen molar-refractivity contribution in [3.05, 3.63) is 23.8 Å². The molecule has 0 bridgehead atoms. The van der Waals surface area contributed by atoms with Gasteiger partial charge < -0.3 is 17.2 Å². The first kappa shape index (κ1) is 9.34. The summed E-state index contributed by atoms with van der Waals surface area (Å²) in [6, 6.07) is 5.61. The fourth-order valence-electron chi connectivity index (χ4n) is 1.93. The van der Waals surface area contributed by atoms with Crippen molar-refractivity contribution in [2.45, 2.75) is 25.3 Å². The molecule has 0 aromatic heterocycles. The summed E-state index contributed by atoms with van der Waals surface area (Å²) in [5, 5.41) is 0. The summed E-state index contributed by atoms with van der Waals surface area (Å²) in [4.78, 5) is 0. The minimum Gasteiger partial charge on any atom is -0.399 e. The van der Waals surface area contributed by atoms with E-state index in [1.165, 1.54) is 19.3 Å². The van der Waals surface area contributed by atoms with Crippen LogP contribution in [0.2, 0.25) is 0 Å². The lowest BCUT2D eigenvalue weighted by Crippen LogP contribution is -2.27. The molecule has 6 N–H and O–H groups in total. The Labute approximate surface area is 84.3 Å². The van der Waals surface area contributed by atoms with Gasteiger partial charge in [0.05, 0.1) is 0 Å². The van der Waals surface area contributed by atoms with Gasteiger partial charge in [0.25, 0.3) is 0 Å². The van der Waals surface area contributed by atoms with Gasteiger partial charge in [0.2, 0.25) is 0 Å². The highest BCUT2D eigenvalue weighted by atomic mass is 14.7.